The standard InChI is InChI=1S/C7H15ClO/c1-6(5-8)4-7(2)9-3/h6-7H,4-5H2,1-3H3. The SMILES string of the molecule is COC(C)CC(C)CCl. The molecule has 2 heteroatoms. The number of methoxy groups -OCH3 is 1. The van der Waals surface area contributed by atoms with Gasteiger partial charge in [0.1, 0.15) is 0 Å². The van der Waals surface area contributed by atoms with Gasteiger partial charge in [0.2, 0.25) is 0 Å². The molecule has 0 aromatic rings. The van der Waals surface area contributed by atoms with Crippen molar-refractivity contribution in [2.45, 2.75) is 26.4 Å². The molecule has 0 heterocycles. The second kappa shape index (κ2) is 5.07. The van der Waals surface area contributed by atoms with Gasteiger partial charge >= 0.3 is 0 Å². The van der Waals surface area contributed by atoms with Crippen LogP contribution in [0.5, 0.6) is 0 Å². The molecule has 0 rings (SSSR count). The molecule has 56 valence electrons. The van der Waals surface area contributed by atoms with Crippen LogP contribution in [0.15, 0.2) is 0 Å². The van der Waals surface area contributed by atoms with Gasteiger partial charge in [-0.2, -0.15) is 0 Å². The summed E-state index contributed by atoms with van der Waals surface area (Å²) in [6.45, 7) is 4.19. The summed E-state index contributed by atoms with van der Waals surface area (Å²) in [6.07, 6.45) is 1.40. The summed E-state index contributed by atoms with van der Waals surface area (Å²) in [5.41, 5.74) is 0. The molecular formula is C7H15ClO. The third kappa shape index (κ3) is 4.73. The van der Waals surface area contributed by atoms with Crippen molar-refractivity contribution in [1.82, 2.24) is 0 Å². The second-order valence-electron chi connectivity index (χ2n) is 2.54. The molecule has 1 nitrogen and oxygen atoms in total. The van der Waals surface area contributed by atoms with E-state index in [9.17, 15) is 0 Å². The maximum Gasteiger partial charge on any atom is 0.0546 e. The van der Waals surface area contributed by atoms with E-state index in [1.807, 2.05) is 0 Å². The van der Waals surface area contributed by atoms with Crippen molar-refractivity contribution in [3.63, 3.8) is 0 Å². The molecule has 2 unspecified atom stereocenters. The van der Waals surface area contributed by atoms with E-state index in [0.717, 1.165) is 12.3 Å². The van der Waals surface area contributed by atoms with E-state index < -0.39 is 0 Å². The Bertz CT molecular complexity index is 57.9. The van der Waals surface area contributed by atoms with Gasteiger partial charge in [0.15, 0.2) is 0 Å². The molecular weight excluding hydrogens is 136 g/mol. The van der Waals surface area contributed by atoms with Crippen LogP contribution < -0.4 is 0 Å². The topological polar surface area (TPSA) is 9.23 Å². The predicted octanol–water partition coefficient (Wildman–Crippen LogP) is 2.29. The summed E-state index contributed by atoms with van der Waals surface area (Å²) < 4.78 is 5.06. The molecule has 0 aromatic heterocycles. The van der Waals surface area contributed by atoms with Crippen molar-refractivity contribution in [2.24, 2.45) is 5.92 Å². The van der Waals surface area contributed by atoms with Gasteiger partial charge in [0.25, 0.3) is 0 Å². The minimum absolute atomic E-state index is 0.346. The molecule has 0 bridgehead atoms. The molecule has 0 amide bonds. The number of alkyl halides is 1. The van der Waals surface area contributed by atoms with Crippen molar-refractivity contribution in [1.29, 1.82) is 0 Å². The first-order valence-electron chi connectivity index (χ1n) is 3.29. The summed E-state index contributed by atoms with van der Waals surface area (Å²) in [6, 6.07) is 0. The Hall–Kier alpha value is 0.250. The van der Waals surface area contributed by atoms with Crippen molar-refractivity contribution < 1.29 is 4.74 Å². The van der Waals surface area contributed by atoms with Crippen LogP contribution in [0.25, 0.3) is 0 Å². The van der Waals surface area contributed by atoms with Crippen LogP contribution in [0.3, 0.4) is 0 Å². The minimum Gasteiger partial charge on any atom is -0.382 e. The van der Waals surface area contributed by atoms with Crippen LogP contribution in [0.1, 0.15) is 20.3 Å². The fourth-order valence-electron chi connectivity index (χ4n) is 0.726. The normalized spacial score (nSPS) is 17.3. The second-order valence-corrected chi connectivity index (χ2v) is 2.85. The van der Waals surface area contributed by atoms with E-state index in [0.29, 0.717) is 12.0 Å². The number of ether oxygens (including phenoxy) is 1. The Morgan fingerprint density at radius 1 is 1.44 bits per heavy atom. The largest absolute Gasteiger partial charge is 0.382 e. The van der Waals surface area contributed by atoms with E-state index in [2.05, 4.69) is 13.8 Å². The van der Waals surface area contributed by atoms with Gasteiger partial charge in [-0.15, -0.1) is 11.6 Å². The Kier molecular flexibility index (Phi) is 5.21. The van der Waals surface area contributed by atoms with Gasteiger partial charge in [0, 0.05) is 13.0 Å². The Morgan fingerprint density at radius 2 is 2.00 bits per heavy atom. The third-order valence-electron chi connectivity index (χ3n) is 1.40. The van der Waals surface area contributed by atoms with E-state index in [-0.39, 0.29) is 0 Å². The summed E-state index contributed by atoms with van der Waals surface area (Å²) >= 11 is 5.60. The first-order chi connectivity index (χ1) is 4.20. The van der Waals surface area contributed by atoms with Crippen molar-refractivity contribution in [3.05, 3.63) is 0 Å². The zero-order valence-electron chi connectivity index (χ0n) is 6.36. The van der Waals surface area contributed by atoms with Gasteiger partial charge in [-0.05, 0) is 19.3 Å². The fraction of sp³-hybridized carbons (Fsp3) is 1.00. The predicted molar refractivity (Wildman–Crippen MR) is 41.0 cm³/mol. The summed E-state index contributed by atoms with van der Waals surface area (Å²) in [5, 5.41) is 0. The average molecular weight is 151 g/mol. The Morgan fingerprint density at radius 3 is 2.33 bits per heavy atom. The molecule has 0 N–H and O–H groups in total. The molecule has 0 aromatic carbocycles. The van der Waals surface area contributed by atoms with Gasteiger partial charge < -0.3 is 4.74 Å². The maximum absolute atomic E-state index is 5.60. The lowest BCUT2D eigenvalue weighted by Gasteiger charge is -2.12. The van der Waals surface area contributed by atoms with Crippen molar-refractivity contribution in [3.8, 4) is 0 Å². The van der Waals surface area contributed by atoms with Gasteiger partial charge in [-0.1, -0.05) is 6.92 Å². The molecule has 2 atom stereocenters. The van der Waals surface area contributed by atoms with Crippen molar-refractivity contribution >= 4 is 11.6 Å². The quantitative estimate of drug-likeness (QED) is 0.559. The lowest BCUT2D eigenvalue weighted by molar-refractivity contribution is 0.100. The van der Waals surface area contributed by atoms with Crippen LogP contribution in [-0.2, 0) is 4.74 Å². The van der Waals surface area contributed by atoms with Crippen molar-refractivity contribution in [2.75, 3.05) is 13.0 Å². The van der Waals surface area contributed by atoms with Gasteiger partial charge in [-0.3, -0.25) is 0 Å². The molecule has 0 fully saturated rings. The zero-order chi connectivity index (χ0) is 7.28. The molecule has 9 heavy (non-hydrogen) atoms. The Labute approximate surface area is 62.3 Å². The highest BCUT2D eigenvalue weighted by Crippen LogP contribution is 2.08. The lowest BCUT2D eigenvalue weighted by Crippen LogP contribution is -2.10. The van der Waals surface area contributed by atoms with Gasteiger partial charge in [0.05, 0.1) is 6.10 Å². The fourth-order valence-corrected chi connectivity index (χ4v) is 0.852. The van der Waals surface area contributed by atoms with E-state index in [4.69, 9.17) is 16.3 Å². The first kappa shape index (κ1) is 9.25. The van der Waals surface area contributed by atoms with E-state index in [1.54, 1.807) is 7.11 Å². The highest BCUT2D eigenvalue weighted by atomic mass is 35.5. The van der Waals surface area contributed by atoms with Crippen LogP contribution in [0.2, 0.25) is 0 Å². The molecule has 0 spiro atoms. The maximum atomic E-state index is 5.60. The van der Waals surface area contributed by atoms with Crippen LogP contribution in [0, 0.1) is 5.92 Å². The van der Waals surface area contributed by atoms with E-state index >= 15 is 0 Å². The summed E-state index contributed by atoms with van der Waals surface area (Å²) in [7, 11) is 1.73. The highest BCUT2D eigenvalue weighted by Gasteiger charge is 2.05. The van der Waals surface area contributed by atoms with Crippen LogP contribution >= 0.6 is 11.6 Å². The number of hydrogen-bond acceptors (Lipinski definition) is 1. The lowest BCUT2D eigenvalue weighted by atomic mass is 10.1. The highest BCUT2D eigenvalue weighted by molar-refractivity contribution is 6.18. The van der Waals surface area contributed by atoms with E-state index in [1.165, 1.54) is 0 Å². The monoisotopic (exact) mass is 150 g/mol. The zero-order valence-corrected chi connectivity index (χ0v) is 7.11. The molecule has 0 aliphatic carbocycles. The minimum atomic E-state index is 0.346. The smallest absolute Gasteiger partial charge is 0.0546 e. The molecule has 0 aliphatic heterocycles. The molecule has 0 saturated carbocycles. The van der Waals surface area contributed by atoms with Gasteiger partial charge in [-0.25, -0.2) is 0 Å². The number of hydrogen-bond donors (Lipinski definition) is 0. The average Bonchev–Trinajstić information content (AvgIpc) is 1.87. The number of rotatable bonds is 4. The first-order valence-corrected chi connectivity index (χ1v) is 3.83. The molecule has 0 radical (unpaired) electrons. The van der Waals surface area contributed by atoms with Crippen LogP contribution in [-0.4, -0.2) is 19.1 Å². The summed E-state index contributed by atoms with van der Waals surface area (Å²) in [5.74, 6) is 1.30. The van der Waals surface area contributed by atoms with Crippen LogP contribution in [0.4, 0.5) is 0 Å². The molecule has 0 aliphatic rings. The summed E-state index contributed by atoms with van der Waals surface area (Å²) in [4.78, 5) is 0. The Balaban J connectivity index is 3.22. The molecule has 0 saturated heterocycles. The third-order valence-corrected chi connectivity index (χ3v) is 1.93. The number of halogens is 1.